The molecule has 0 saturated carbocycles. The van der Waals surface area contributed by atoms with E-state index in [1.54, 1.807) is 49.8 Å². The molecule has 0 bridgehead atoms. The van der Waals surface area contributed by atoms with Gasteiger partial charge in [-0.05, 0) is 42.3 Å². The lowest BCUT2D eigenvalue weighted by atomic mass is 10.2. The van der Waals surface area contributed by atoms with Crippen LogP contribution in [0.15, 0.2) is 42.7 Å². The monoisotopic (exact) mass is 346 g/mol. The van der Waals surface area contributed by atoms with Crippen molar-refractivity contribution in [3.8, 4) is 11.5 Å². The molecule has 0 aliphatic heterocycles. The maximum absolute atomic E-state index is 11.9. The highest BCUT2D eigenvalue weighted by Gasteiger charge is 2.11. The summed E-state index contributed by atoms with van der Waals surface area (Å²) < 4.78 is 10.9. The first-order valence-electron chi connectivity index (χ1n) is 7.53. The third-order valence-electron chi connectivity index (χ3n) is 3.06. The van der Waals surface area contributed by atoms with Gasteiger partial charge in [-0.15, -0.1) is 0 Å². The van der Waals surface area contributed by atoms with E-state index < -0.39 is 0 Å². The Morgan fingerprint density at radius 1 is 1.42 bits per heavy atom. The molecule has 2 aromatic rings. The van der Waals surface area contributed by atoms with Gasteiger partial charge in [0.1, 0.15) is 0 Å². The number of hydrogen-bond donors (Lipinski definition) is 1. The van der Waals surface area contributed by atoms with Gasteiger partial charge >= 0.3 is 0 Å². The topological polar surface area (TPSA) is 60.5 Å². The molecule has 0 aliphatic rings. The Morgan fingerprint density at radius 2 is 2.25 bits per heavy atom. The Kier molecular flexibility index (Phi) is 6.63. The molecule has 1 heterocycles. The maximum Gasteiger partial charge on any atom is 0.248 e. The summed E-state index contributed by atoms with van der Waals surface area (Å²) in [6.07, 6.45) is 7.16. The van der Waals surface area contributed by atoms with Crippen LogP contribution in [0.5, 0.6) is 11.5 Å². The lowest BCUT2D eigenvalue weighted by Crippen LogP contribution is -2.07. The van der Waals surface area contributed by atoms with E-state index in [0.29, 0.717) is 28.8 Å². The lowest BCUT2D eigenvalue weighted by Gasteiger charge is -2.12. The summed E-state index contributed by atoms with van der Waals surface area (Å²) in [4.78, 5) is 15.9. The molecule has 0 radical (unpaired) electrons. The standard InChI is InChI=1S/C18H19ClN2O3/c1-3-9-24-18-15(19)10-13(11-16(18)23-2)6-7-17(22)21-14-5-4-8-20-12-14/h4-8,10-12H,3,9H2,1-2H3,(H,21,22)/b7-6+. The second kappa shape index (κ2) is 8.93. The fourth-order valence-electron chi connectivity index (χ4n) is 1.97. The molecule has 0 unspecified atom stereocenters. The minimum Gasteiger partial charge on any atom is -0.493 e. The fourth-order valence-corrected chi connectivity index (χ4v) is 2.25. The van der Waals surface area contributed by atoms with Crippen LogP contribution in [-0.4, -0.2) is 24.6 Å². The number of benzene rings is 1. The number of nitrogens with one attached hydrogen (secondary N) is 1. The van der Waals surface area contributed by atoms with E-state index >= 15 is 0 Å². The van der Waals surface area contributed by atoms with Crippen LogP contribution >= 0.6 is 11.6 Å². The number of aromatic nitrogens is 1. The molecule has 1 N–H and O–H groups in total. The molecule has 2 rings (SSSR count). The second-order valence-corrected chi connectivity index (χ2v) is 5.35. The lowest BCUT2D eigenvalue weighted by molar-refractivity contribution is -0.111. The molecule has 126 valence electrons. The van der Waals surface area contributed by atoms with Gasteiger partial charge in [-0.1, -0.05) is 18.5 Å². The molecule has 0 atom stereocenters. The average Bonchev–Trinajstić information content (AvgIpc) is 2.59. The number of rotatable bonds is 7. The minimum atomic E-state index is -0.260. The van der Waals surface area contributed by atoms with Crippen LogP contribution in [0.4, 0.5) is 5.69 Å². The van der Waals surface area contributed by atoms with Gasteiger partial charge in [0.25, 0.3) is 0 Å². The van der Waals surface area contributed by atoms with Crippen molar-refractivity contribution < 1.29 is 14.3 Å². The predicted molar refractivity (Wildman–Crippen MR) is 95.7 cm³/mol. The second-order valence-electron chi connectivity index (χ2n) is 4.95. The van der Waals surface area contributed by atoms with Crippen LogP contribution in [0.3, 0.4) is 0 Å². The summed E-state index contributed by atoms with van der Waals surface area (Å²) in [7, 11) is 1.55. The van der Waals surface area contributed by atoms with E-state index in [1.165, 1.54) is 6.08 Å². The van der Waals surface area contributed by atoms with Gasteiger partial charge in [-0.3, -0.25) is 9.78 Å². The Balaban J connectivity index is 2.11. The molecule has 24 heavy (non-hydrogen) atoms. The fraction of sp³-hybridized carbons (Fsp3) is 0.222. The van der Waals surface area contributed by atoms with E-state index in [4.69, 9.17) is 21.1 Å². The van der Waals surface area contributed by atoms with Crippen molar-refractivity contribution in [2.75, 3.05) is 19.0 Å². The first-order chi connectivity index (χ1) is 11.6. The highest BCUT2D eigenvalue weighted by molar-refractivity contribution is 6.32. The molecule has 0 fully saturated rings. The van der Waals surface area contributed by atoms with Crippen molar-refractivity contribution >= 4 is 29.3 Å². The Hall–Kier alpha value is -2.53. The maximum atomic E-state index is 11.9. The molecule has 1 aromatic heterocycles. The molecule has 0 spiro atoms. The van der Waals surface area contributed by atoms with E-state index in [-0.39, 0.29) is 5.91 Å². The number of nitrogens with zero attached hydrogens (tertiary/aromatic N) is 1. The zero-order valence-corrected chi connectivity index (χ0v) is 14.3. The van der Waals surface area contributed by atoms with E-state index in [0.717, 1.165) is 12.0 Å². The molecule has 5 nitrogen and oxygen atoms in total. The number of anilines is 1. The van der Waals surface area contributed by atoms with Gasteiger partial charge in [0.15, 0.2) is 11.5 Å². The number of amides is 1. The number of halogens is 1. The Bertz CT molecular complexity index is 718. The van der Waals surface area contributed by atoms with Crippen molar-refractivity contribution in [3.63, 3.8) is 0 Å². The SMILES string of the molecule is CCCOc1c(Cl)cc(/C=C/C(=O)Nc2cccnc2)cc1OC. The zero-order chi connectivity index (χ0) is 17.4. The van der Waals surface area contributed by atoms with Gasteiger partial charge in [0.05, 0.1) is 30.6 Å². The molecule has 6 heteroatoms. The molecular weight excluding hydrogens is 328 g/mol. The number of ether oxygens (including phenoxy) is 2. The van der Waals surface area contributed by atoms with Gasteiger partial charge in [-0.25, -0.2) is 0 Å². The highest BCUT2D eigenvalue weighted by atomic mass is 35.5. The van der Waals surface area contributed by atoms with Crippen molar-refractivity contribution in [3.05, 3.63) is 53.3 Å². The van der Waals surface area contributed by atoms with Gasteiger partial charge in [0.2, 0.25) is 5.91 Å². The van der Waals surface area contributed by atoms with E-state index in [9.17, 15) is 4.79 Å². The molecule has 1 aromatic carbocycles. The number of carbonyl (C=O) groups is 1. The number of methoxy groups -OCH3 is 1. The van der Waals surface area contributed by atoms with Crippen molar-refractivity contribution in [1.82, 2.24) is 4.98 Å². The zero-order valence-electron chi connectivity index (χ0n) is 13.6. The van der Waals surface area contributed by atoms with E-state index in [1.807, 2.05) is 6.92 Å². The van der Waals surface area contributed by atoms with Crippen LogP contribution in [0.1, 0.15) is 18.9 Å². The van der Waals surface area contributed by atoms with Crippen LogP contribution in [0.2, 0.25) is 5.02 Å². The molecule has 0 saturated heterocycles. The molecular formula is C18H19ClN2O3. The first-order valence-corrected chi connectivity index (χ1v) is 7.91. The highest BCUT2D eigenvalue weighted by Crippen LogP contribution is 2.36. The summed E-state index contributed by atoms with van der Waals surface area (Å²) in [5.41, 5.74) is 1.37. The van der Waals surface area contributed by atoms with Crippen LogP contribution in [0, 0.1) is 0 Å². The first kappa shape index (κ1) is 17.8. The van der Waals surface area contributed by atoms with Crippen molar-refractivity contribution in [1.29, 1.82) is 0 Å². The summed E-state index contributed by atoms with van der Waals surface area (Å²) in [6.45, 7) is 2.57. The number of hydrogen-bond acceptors (Lipinski definition) is 4. The smallest absolute Gasteiger partial charge is 0.248 e. The summed E-state index contributed by atoms with van der Waals surface area (Å²) >= 11 is 6.25. The quantitative estimate of drug-likeness (QED) is 0.764. The third-order valence-corrected chi connectivity index (χ3v) is 3.34. The normalized spacial score (nSPS) is 10.6. The molecule has 0 aliphatic carbocycles. The van der Waals surface area contributed by atoms with Gasteiger partial charge in [0, 0.05) is 12.3 Å². The Morgan fingerprint density at radius 3 is 2.92 bits per heavy atom. The van der Waals surface area contributed by atoms with Crippen LogP contribution in [0.25, 0.3) is 6.08 Å². The van der Waals surface area contributed by atoms with Crippen LogP contribution < -0.4 is 14.8 Å². The van der Waals surface area contributed by atoms with Gasteiger partial charge in [-0.2, -0.15) is 0 Å². The minimum absolute atomic E-state index is 0.260. The van der Waals surface area contributed by atoms with E-state index in [2.05, 4.69) is 10.3 Å². The molecule has 1 amide bonds. The van der Waals surface area contributed by atoms with Gasteiger partial charge < -0.3 is 14.8 Å². The third kappa shape index (κ3) is 4.99. The average molecular weight is 347 g/mol. The Labute approximate surface area is 146 Å². The largest absolute Gasteiger partial charge is 0.493 e. The summed E-state index contributed by atoms with van der Waals surface area (Å²) in [5.74, 6) is 0.783. The number of carbonyl (C=O) groups excluding carboxylic acids is 1. The van der Waals surface area contributed by atoms with Crippen molar-refractivity contribution in [2.45, 2.75) is 13.3 Å². The summed E-state index contributed by atoms with van der Waals surface area (Å²) in [5, 5.41) is 3.16. The predicted octanol–water partition coefficient (Wildman–Crippen LogP) is 4.18. The van der Waals surface area contributed by atoms with Crippen LogP contribution in [-0.2, 0) is 4.79 Å². The van der Waals surface area contributed by atoms with Crippen molar-refractivity contribution in [2.24, 2.45) is 0 Å². The summed E-state index contributed by atoms with van der Waals surface area (Å²) in [6, 6.07) is 7.01. The number of pyridine rings is 1.